The first kappa shape index (κ1) is 9.77. The second-order valence-electron chi connectivity index (χ2n) is 3.93. The molecule has 1 saturated carbocycles. The lowest BCUT2D eigenvalue weighted by atomic mass is 10.4. The van der Waals surface area contributed by atoms with Gasteiger partial charge in [0.05, 0.1) is 17.2 Å². The molecule has 2 heterocycles. The molecule has 0 saturated heterocycles. The van der Waals surface area contributed by atoms with Gasteiger partial charge in [0, 0.05) is 18.2 Å². The van der Waals surface area contributed by atoms with Gasteiger partial charge in [-0.15, -0.1) is 16.4 Å². The maximum Gasteiger partial charge on any atom is 0.315 e. The largest absolute Gasteiger partial charge is 0.408 e. The Kier molecular flexibility index (Phi) is 2.36. The standard InChI is InChI=1S/C10H12N4OS/c1-6-13-14-10(15-6)11-4-8-5-16-9(12-8)7-2-3-7/h5,7H,2-4H2,1H3,(H,11,14). The highest BCUT2D eigenvalue weighted by Gasteiger charge is 2.26. The highest BCUT2D eigenvalue weighted by molar-refractivity contribution is 7.09. The van der Waals surface area contributed by atoms with E-state index in [9.17, 15) is 0 Å². The lowest BCUT2D eigenvalue weighted by molar-refractivity contribution is 0.530. The Morgan fingerprint density at radius 1 is 1.50 bits per heavy atom. The molecule has 2 aromatic rings. The van der Waals surface area contributed by atoms with Crippen molar-refractivity contribution in [3.8, 4) is 0 Å². The van der Waals surface area contributed by atoms with Crippen molar-refractivity contribution < 1.29 is 4.42 Å². The van der Waals surface area contributed by atoms with E-state index in [-0.39, 0.29) is 0 Å². The molecule has 1 aliphatic rings. The fourth-order valence-corrected chi connectivity index (χ4v) is 2.45. The van der Waals surface area contributed by atoms with Crippen LogP contribution in [0.4, 0.5) is 6.01 Å². The summed E-state index contributed by atoms with van der Waals surface area (Å²) in [6.45, 7) is 2.41. The van der Waals surface area contributed by atoms with Crippen molar-refractivity contribution in [2.24, 2.45) is 0 Å². The summed E-state index contributed by atoms with van der Waals surface area (Å²) in [5.41, 5.74) is 1.04. The summed E-state index contributed by atoms with van der Waals surface area (Å²) in [5, 5.41) is 14.0. The van der Waals surface area contributed by atoms with Crippen molar-refractivity contribution in [1.82, 2.24) is 15.2 Å². The van der Waals surface area contributed by atoms with Crippen molar-refractivity contribution in [2.75, 3.05) is 5.32 Å². The lowest BCUT2D eigenvalue weighted by Gasteiger charge is -1.96. The maximum atomic E-state index is 5.21. The van der Waals surface area contributed by atoms with Gasteiger partial charge in [0.15, 0.2) is 0 Å². The van der Waals surface area contributed by atoms with E-state index < -0.39 is 0 Å². The minimum atomic E-state index is 0.457. The molecule has 1 fully saturated rings. The number of hydrogen-bond donors (Lipinski definition) is 1. The maximum absolute atomic E-state index is 5.21. The third-order valence-corrected chi connectivity index (χ3v) is 3.50. The summed E-state index contributed by atoms with van der Waals surface area (Å²) in [6.07, 6.45) is 2.59. The van der Waals surface area contributed by atoms with Crippen molar-refractivity contribution >= 4 is 17.4 Å². The average Bonchev–Trinajstić information content (AvgIpc) is 2.87. The summed E-state index contributed by atoms with van der Waals surface area (Å²) in [7, 11) is 0. The molecule has 3 rings (SSSR count). The molecule has 0 spiro atoms. The molecule has 6 heteroatoms. The van der Waals surface area contributed by atoms with Crippen LogP contribution in [0, 0.1) is 6.92 Å². The Morgan fingerprint density at radius 2 is 2.38 bits per heavy atom. The van der Waals surface area contributed by atoms with Crippen LogP contribution in [0.3, 0.4) is 0 Å². The number of hydrogen-bond acceptors (Lipinski definition) is 6. The molecule has 5 nitrogen and oxygen atoms in total. The first-order valence-corrected chi connectivity index (χ1v) is 6.17. The van der Waals surface area contributed by atoms with Gasteiger partial charge in [-0.05, 0) is 12.8 Å². The van der Waals surface area contributed by atoms with E-state index in [1.54, 1.807) is 18.3 Å². The van der Waals surface area contributed by atoms with E-state index in [2.05, 4.69) is 25.9 Å². The molecule has 0 aromatic carbocycles. The van der Waals surface area contributed by atoms with Crippen LogP contribution in [-0.4, -0.2) is 15.2 Å². The molecule has 84 valence electrons. The molecule has 0 amide bonds. The van der Waals surface area contributed by atoms with Crippen molar-refractivity contribution in [3.63, 3.8) is 0 Å². The number of nitrogens with zero attached hydrogens (tertiary/aromatic N) is 3. The SMILES string of the molecule is Cc1nnc(NCc2csc(C3CC3)n2)o1. The summed E-state index contributed by atoms with van der Waals surface area (Å²) < 4.78 is 5.21. The van der Waals surface area contributed by atoms with Gasteiger partial charge in [-0.3, -0.25) is 0 Å². The first-order valence-electron chi connectivity index (χ1n) is 5.29. The number of thiazole rings is 1. The molecule has 0 bridgehead atoms. The lowest BCUT2D eigenvalue weighted by Crippen LogP contribution is -2.00. The molecule has 0 radical (unpaired) electrons. The predicted octanol–water partition coefficient (Wildman–Crippen LogP) is 2.32. The first-order chi connectivity index (χ1) is 7.81. The van der Waals surface area contributed by atoms with Crippen LogP contribution in [0.5, 0.6) is 0 Å². The molecule has 16 heavy (non-hydrogen) atoms. The topological polar surface area (TPSA) is 63.8 Å². The number of anilines is 1. The van der Waals surface area contributed by atoms with Gasteiger partial charge in [-0.1, -0.05) is 5.10 Å². The molecule has 1 N–H and O–H groups in total. The minimum absolute atomic E-state index is 0.457. The van der Waals surface area contributed by atoms with Crippen LogP contribution >= 0.6 is 11.3 Å². The summed E-state index contributed by atoms with van der Waals surface area (Å²) >= 11 is 1.74. The van der Waals surface area contributed by atoms with Gasteiger partial charge in [-0.25, -0.2) is 4.98 Å². The molecule has 1 aliphatic carbocycles. The van der Waals surface area contributed by atoms with Crippen LogP contribution in [0.1, 0.15) is 35.4 Å². The number of rotatable bonds is 4. The Labute approximate surface area is 96.9 Å². The van der Waals surface area contributed by atoms with E-state index >= 15 is 0 Å². The molecular weight excluding hydrogens is 224 g/mol. The number of nitrogens with one attached hydrogen (secondary N) is 1. The van der Waals surface area contributed by atoms with Crippen LogP contribution in [0.2, 0.25) is 0 Å². The van der Waals surface area contributed by atoms with Crippen LogP contribution < -0.4 is 5.32 Å². The smallest absolute Gasteiger partial charge is 0.315 e. The van der Waals surface area contributed by atoms with E-state index in [1.165, 1.54) is 17.8 Å². The summed E-state index contributed by atoms with van der Waals surface area (Å²) in [5.74, 6) is 1.30. The van der Waals surface area contributed by atoms with Crippen molar-refractivity contribution in [3.05, 3.63) is 22.0 Å². The van der Waals surface area contributed by atoms with Crippen LogP contribution in [0.25, 0.3) is 0 Å². The normalized spacial score (nSPS) is 15.3. The van der Waals surface area contributed by atoms with Crippen molar-refractivity contribution in [1.29, 1.82) is 0 Å². The molecule has 0 atom stereocenters. The van der Waals surface area contributed by atoms with Crippen LogP contribution in [0.15, 0.2) is 9.80 Å². The van der Waals surface area contributed by atoms with E-state index in [0.717, 1.165) is 11.6 Å². The monoisotopic (exact) mass is 236 g/mol. The highest BCUT2D eigenvalue weighted by Crippen LogP contribution is 2.41. The Bertz CT molecular complexity index is 488. The van der Waals surface area contributed by atoms with Gasteiger partial charge in [0.2, 0.25) is 5.89 Å². The number of aryl methyl sites for hydroxylation is 1. The predicted molar refractivity (Wildman–Crippen MR) is 60.5 cm³/mol. The zero-order valence-corrected chi connectivity index (χ0v) is 9.75. The third-order valence-electron chi connectivity index (χ3n) is 2.44. The second-order valence-corrected chi connectivity index (χ2v) is 4.82. The molecular formula is C10H12N4OS. The highest BCUT2D eigenvalue weighted by atomic mass is 32.1. The van der Waals surface area contributed by atoms with Gasteiger partial charge in [0.1, 0.15) is 0 Å². The zero-order chi connectivity index (χ0) is 11.0. The van der Waals surface area contributed by atoms with Gasteiger partial charge in [0.25, 0.3) is 0 Å². The Hall–Kier alpha value is -1.43. The fraction of sp³-hybridized carbons (Fsp3) is 0.500. The van der Waals surface area contributed by atoms with E-state index in [1.807, 2.05) is 0 Å². The summed E-state index contributed by atoms with van der Waals surface area (Å²) in [4.78, 5) is 4.56. The summed E-state index contributed by atoms with van der Waals surface area (Å²) in [6, 6.07) is 0.457. The van der Waals surface area contributed by atoms with Gasteiger partial charge in [-0.2, -0.15) is 0 Å². The van der Waals surface area contributed by atoms with Gasteiger partial charge < -0.3 is 9.73 Å². The van der Waals surface area contributed by atoms with Crippen molar-refractivity contribution in [2.45, 2.75) is 32.2 Å². The second kappa shape index (κ2) is 3.86. The third kappa shape index (κ3) is 2.06. The van der Waals surface area contributed by atoms with E-state index in [0.29, 0.717) is 18.5 Å². The molecule has 0 unspecified atom stereocenters. The fourth-order valence-electron chi connectivity index (χ4n) is 1.46. The Balaban J connectivity index is 1.61. The van der Waals surface area contributed by atoms with E-state index in [4.69, 9.17) is 4.42 Å². The zero-order valence-electron chi connectivity index (χ0n) is 8.93. The van der Waals surface area contributed by atoms with Crippen LogP contribution in [-0.2, 0) is 6.54 Å². The Morgan fingerprint density at radius 3 is 3.06 bits per heavy atom. The van der Waals surface area contributed by atoms with Gasteiger partial charge >= 0.3 is 6.01 Å². The molecule has 0 aliphatic heterocycles. The average molecular weight is 236 g/mol. The molecule has 2 aromatic heterocycles. The minimum Gasteiger partial charge on any atom is -0.408 e. The number of aromatic nitrogens is 3. The quantitative estimate of drug-likeness (QED) is 0.882.